The molecule has 0 saturated carbocycles. The lowest BCUT2D eigenvalue weighted by Gasteiger charge is -2.23. The number of allylic oxidation sites excluding steroid dienone is 1. The summed E-state index contributed by atoms with van der Waals surface area (Å²) in [6.45, 7) is 5.32. The molecule has 1 aromatic rings. The average Bonchev–Trinajstić information content (AvgIpc) is 2.28. The maximum atomic E-state index is 14.2. The smallest absolute Gasteiger partial charge is 0.133 e. The van der Waals surface area contributed by atoms with Crippen LogP contribution in [0, 0.1) is 5.82 Å². The summed E-state index contributed by atoms with van der Waals surface area (Å²) >= 11 is 0. The van der Waals surface area contributed by atoms with Crippen molar-refractivity contribution >= 4 is 11.8 Å². The van der Waals surface area contributed by atoms with Crippen molar-refractivity contribution < 1.29 is 9.50 Å². The summed E-state index contributed by atoms with van der Waals surface area (Å²) in [4.78, 5) is 0. The van der Waals surface area contributed by atoms with Crippen molar-refractivity contribution in [2.75, 3.05) is 0 Å². The van der Waals surface area contributed by atoms with E-state index in [2.05, 4.69) is 5.32 Å². The molecule has 1 aliphatic rings. The summed E-state index contributed by atoms with van der Waals surface area (Å²) in [5, 5.41) is 13.0. The number of hydrogen-bond donors (Lipinski definition) is 2. The third-order valence-electron chi connectivity index (χ3n) is 3.01. The van der Waals surface area contributed by atoms with Crippen LogP contribution in [0.4, 0.5) is 4.39 Å². The van der Waals surface area contributed by atoms with Crippen molar-refractivity contribution in [2.24, 2.45) is 0 Å². The molecule has 0 atom stereocenters. The molecule has 2 rings (SSSR count). The first-order valence-corrected chi connectivity index (χ1v) is 6.13. The average molecular weight is 247 g/mol. The number of aliphatic hydroxyl groups is 1. The summed E-state index contributed by atoms with van der Waals surface area (Å²) in [7, 11) is 0. The number of hydrogen-bond acceptors (Lipinski definition) is 2. The Bertz CT molecular complexity index is 524. The molecule has 0 radical (unpaired) electrons. The van der Waals surface area contributed by atoms with Crippen LogP contribution in [0.5, 0.6) is 0 Å². The Labute approximate surface area is 107 Å². The van der Waals surface area contributed by atoms with Gasteiger partial charge in [0.15, 0.2) is 0 Å². The summed E-state index contributed by atoms with van der Waals surface area (Å²) < 4.78 is 14.2. The van der Waals surface area contributed by atoms with E-state index in [0.717, 1.165) is 17.7 Å². The maximum Gasteiger partial charge on any atom is 0.133 e. The largest absolute Gasteiger partial charge is 0.386 e. The summed E-state index contributed by atoms with van der Waals surface area (Å²) in [5.41, 5.74) is 1.71. The standard InChI is InChI=1S/C15H18FNO/c1-4-5-13-14-10(6-7-17-13)8-11(9-12(14)16)15(2,3)18/h5-9,17-18H,4H2,1-3H3/b13-5-. The Morgan fingerprint density at radius 3 is 2.72 bits per heavy atom. The molecule has 3 heteroatoms. The van der Waals surface area contributed by atoms with E-state index in [-0.39, 0.29) is 5.82 Å². The molecule has 1 aliphatic heterocycles. The second kappa shape index (κ2) is 4.58. The predicted octanol–water partition coefficient (Wildman–Crippen LogP) is 3.38. The quantitative estimate of drug-likeness (QED) is 0.839. The van der Waals surface area contributed by atoms with Crippen molar-refractivity contribution in [3.05, 3.63) is 46.9 Å². The molecule has 96 valence electrons. The first-order valence-electron chi connectivity index (χ1n) is 6.13. The van der Waals surface area contributed by atoms with E-state index >= 15 is 0 Å². The molecule has 0 saturated heterocycles. The maximum absolute atomic E-state index is 14.2. The molecule has 1 heterocycles. The second-order valence-corrected chi connectivity index (χ2v) is 4.99. The Morgan fingerprint density at radius 2 is 2.11 bits per heavy atom. The molecule has 0 aromatic heterocycles. The van der Waals surface area contributed by atoms with E-state index in [1.165, 1.54) is 6.07 Å². The van der Waals surface area contributed by atoms with Crippen molar-refractivity contribution in [1.29, 1.82) is 0 Å². The number of nitrogens with one attached hydrogen (secondary N) is 1. The van der Waals surface area contributed by atoms with Crippen molar-refractivity contribution in [3.8, 4) is 0 Å². The van der Waals surface area contributed by atoms with Gasteiger partial charge in [0, 0.05) is 17.5 Å². The van der Waals surface area contributed by atoms with Crippen LogP contribution in [-0.4, -0.2) is 5.11 Å². The van der Waals surface area contributed by atoms with Crippen molar-refractivity contribution in [3.63, 3.8) is 0 Å². The van der Waals surface area contributed by atoms with Crippen LogP contribution in [0.2, 0.25) is 0 Å². The molecular formula is C15H18FNO. The fraction of sp³-hybridized carbons (Fsp3) is 0.333. The lowest BCUT2D eigenvalue weighted by Crippen LogP contribution is -2.18. The zero-order valence-corrected chi connectivity index (χ0v) is 10.9. The zero-order valence-electron chi connectivity index (χ0n) is 10.9. The normalized spacial score (nSPS) is 16.6. The van der Waals surface area contributed by atoms with Gasteiger partial charge in [-0.15, -0.1) is 0 Å². The Hall–Kier alpha value is -1.61. The molecule has 2 N–H and O–H groups in total. The van der Waals surface area contributed by atoms with E-state index in [0.29, 0.717) is 11.1 Å². The molecule has 0 unspecified atom stereocenters. The molecule has 0 amide bonds. The topological polar surface area (TPSA) is 32.3 Å². The lowest BCUT2D eigenvalue weighted by molar-refractivity contribution is 0.0782. The Morgan fingerprint density at radius 1 is 1.39 bits per heavy atom. The van der Waals surface area contributed by atoms with E-state index in [1.807, 2.05) is 25.1 Å². The number of fused-ring (bicyclic) bond motifs is 1. The van der Waals surface area contributed by atoms with E-state index in [1.54, 1.807) is 20.0 Å². The van der Waals surface area contributed by atoms with E-state index in [9.17, 15) is 9.50 Å². The molecule has 2 nitrogen and oxygen atoms in total. The van der Waals surface area contributed by atoms with E-state index in [4.69, 9.17) is 0 Å². The molecule has 0 spiro atoms. The van der Waals surface area contributed by atoms with Crippen LogP contribution in [0.15, 0.2) is 24.4 Å². The predicted molar refractivity (Wildman–Crippen MR) is 72.1 cm³/mol. The monoisotopic (exact) mass is 247 g/mol. The van der Waals surface area contributed by atoms with Gasteiger partial charge in [-0.2, -0.15) is 0 Å². The highest BCUT2D eigenvalue weighted by atomic mass is 19.1. The van der Waals surface area contributed by atoms with Crippen LogP contribution in [0.3, 0.4) is 0 Å². The van der Waals surface area contributed by atoms with Crippen LogP contribution in [0.25, 0.3) is 11.8 Å². The minimum Gasteiger partial charge on any atom is -0.386 e. The summed E-state index contributed by atoms with van der Waals surface area (Å²) in [5.74, 6) is -0.304. The Balaban J connectivity index is 2.60. The first-order chi connectivity index (χ1) is 8.43. The van der Waals surface area contributed by atoms with Gasteiger partial charge >= 0.3 is 0 Å². The molecule has 0 fully saturated rings. The van der Waals surface area contributed by atoms with Gasteiger partial charge < -0.3 is 10.4 Å². The zero-order chi connectivity index (χ0) is 13.3. The van der Waals surface area contributed by atoms with Gasteiger partial charge in [0.05, 0.1) is 5.60 Å². The van der Waals surface area contributed by atoms with Gasteiger partial charge in [0.1, 0.15) is 5.82 Å². The third kappa shape index (κ3) is 2.31. The van der Waals surface area contributed by atoms with Crippen LogP contribution in [0.1, 0.15) is 43.9 Å². The van der Waals surface area contributed by atoms with Crippen molar-refractivity contribution in [2.45, 2.75) is 32.8 Å². The molecule has 18 heavy (non-hydrogen) atoms. The minimum absolute atomic E-state index is 0.304. The third-order valence-corrected chi connectivity index (χ3v) is 3.01. The second-order valence-electron chi connectivity index (χ2n) is 4.99. The lowest BCUT2D eigenvalue weighted by atomic mass is 9.91. The molecule has 1 aromatic carbocycles. The highest BCUT2D eigenvalue weighted by molar-refractivity contribution is 5.78. The first kappa shape index (κ1) is 12.8. The Kier molecular flexibility index (Phi) is 3.26. The van der Waals surface area contributed by atoms with Gasteiger partial charge in [0.2, 0.25) is 0 Å². The highest BCUT2D eigenvalue weighted by Gasteiger charge is 2.22. The van der Waals surface area contributed by atoms with E-state index < -0.39 is 5.60 Å². The summed E-state index contributed by atoms with van der Waals surface area (Å²) in [6.07, 6.45) is 6.40. The molecule has 0 bridgehead atoms. The fourth-order valence-electron chi connectivity index (χ4n) is 2.06. The van der Waals surface area contributed by atoms with Crippen LogP contribution < -0.4 is 5.32 Å². The van der Waals surface area contributed by atoms with Crippen LogP contribution in [-0.2, 0) is 5.60 Å². The molecule has 0 aliphatic carbocycles. The van der Waals surface area contributed by atoms with Crippen LogP contribution >= 0.6 is 0 Å². The van der Waals surface area contributed by atoms with Gasteiger partial charge in [-0.05, 0) is 49.6 Å². The van der Waals surface area contributed by atoms with Gasteiger partial charge in [0.25, 0.3) is 0 Å². The minimum atomic E-state index is -1.04. The highest BCUT2D eigenvalue weighted by Crippen LogP contribution is 2.31. The SMILES string of the molecule is CC/C=C1\NC=Cc2cc(C(C)(C)O)cc(F)c21. The van der Waals surface area contributed by atoms with Gasteiger partial charge in [-0.3, -0.25) is 0 Å². The van der Waals surface area contributed by atoms with Gasteiger partial charge in [-0.25, -0.2) is 4.39 Å². The number of benzene rings is 1. The summed E-state index contributed by atoms with van der Waals surface area (Å²) in [6, 6.07) is 3.24. The number of halogens is 1. The molecular weight excluding hydrogens is 229 g/mol. The van der Waals surface area contributed by atoms with Gasteiger partial charge in [-0.1, -0.05) is 13.0 Å². The number of rotatable bonds is 2. The fourth-order valence-corrected chi connectivity index (χ4v) is 2.06. The van der Waals surface area contributed by atoms with Crippen molar-refractivity contribution in [1.82, 2.24) is 5.32 Å².